The Balaban J connectivity index is 1.12. The highest BCUT2D eigenvalue weighted by Gasteiger charge is 2.34. The van der Waals surface area contributed by atoms with E-state index in [-0.39, 0.29) is 41.8 Å². The molecule has 4 aromatic rings. The van der Waals surface area contributed by atoms with Crippen LogP contribution in [0.3, 0.4) is 0 Å². The molecule has 2 aliphatic rings. The van der Waals surface area contributed by atoms with Crippen molar-refractivity contribution in [2.75, 3.05) is 45.2 Å². The smallest absolute Gasteiger partial charge is 0.249 e. The van der Waals surface area contributed by atoms with Gasteiger partial charge in [-0.15, -0.1) is 0 Å². The highest BCUT2D eigenvalue weighted by Crippen LogP contribution is 2.33. The van der Waals surface area contributed by atoms with Gasteiger partial charge in [0.25, 0.3) is 0 Å². The first-order valence-electron chi connectivity index (χ1n) is 17.2. The zero-order chi connectivity index (χ0) is 34.5. The second-order valence-electron chi connectivity index (χ2n) is 13.9. The largest absolute Gasteiger partial charge is 0.361 e. The van der Waals surface area contributed by atoms with Crippen molar-refractivity contribution >= 4 is 45.9 Å². The number of likely N-dealkylation sites (tertiary alicyclic amines) is 1. The first kappa shape index (κ1) is 34.6. The molecule has 6 rings (SSSR count). The highest BCUT2D eigenvalue weighted by atomic mass is 35.5. The molecule has 2 atom stereocenters. The standard InChI is InChI=1S/C39H45ClFN5O3/c1-44(2)24-27-19-29-20-31(40)12-13-36(29)46(25-27)39(49)35(21-30-23-42-34-10-6-4-8-32(30)34)43-37(47)14-11-26-15-17-45(18-16-26)38(48)22-28-7-3-5-9-33(28)41/h3-10,12-13,20,23,26-27,35,42H,11,14-19,21-22,24-25H2,1-2H3,(H,43,47)/t27-,35+/m0/s1. The lowest BCUT2D eigenvalue weighted by molar-refractivity contribution is -0.132. The number of rotatable bonds is 11. The Hall–Kier alpha value is -4.21. The van der Waals surface area contributed by atoms with Crippen molar-refractivity contribution in [2.24, 2.45) is 11.8 Å². The summed E-state index contributed by atoms with van der Waals surface area (Å²) < 4.78 is 14.1. The maximum Gasteiger partial charge on any atom is 0.249 e. The van der Waals surface area contributed by atoms with Crippen molar-refractivity contribution in [3.05, 3.63) is 100 Å². The third kappa shape index (κ3) is 8.51. The number of halogens is 2. The highest BCUT2D eigenvalue weighted by molar-refractivity contribution is 6.30. The molecular weight excluding hydrogens is 641 g/mol. The summed E-state index contributed by atoms with van der Waals surface area (Å²) in [5, 5.41) is 4.80. The molecule has 3 amide bonds. The molecule has 3 heterocycles. The Morgan fingerprint density at radius 3 is 2.53 bits per heavy atom. The van der Waals surface area contributed by atoms with Gasteiger partial charge in [-0.1, -0.05) is 48.0 Å². The minimum Gasteiger partial charge on any atom is -0.361 e. The molecule has 0 bridgehead atoms. The lowest BCUT2D eigenvalue weighted by Gasteiger charge is -2.37. The molecule has 10 heteroatoms. The Morgan fingerprint density at radius 2 is 1.76 bits per heavy atom. The van der Waals surface area contributed by atoms with Gasteiger partial charge in [0.1, 0.15) is 11.9 Å². The van der Waals surface area contributed by atoms with Crippen LogP contribution in [-0.2, 0) is 33.6 Å². The van der Waals surface area contributed by atoms with Crippen LogP contribution in [0.5, 0.6) is 0 Å². The van der Waals surface area contributed by atoms with Gasteiger partial charge in [0.15, 0.2) is 0 Å². The molecule has 3 aromatic carbocycles. The van der Waals surface area contributed by atoms with Crippen LogP contribution in [-0.4, -0.2) is 78.8 Å². The molecule has 0 unspecified atom stereocenters. The van der Waals surface area contributed by atoms with Crippen molar-refractivity contribution in [1.29, 1.82) is 0 Å². The molecule has 49 heavy (non-hydrogen) atoms. The monoisotopic (exact) mass is 685 g/mol. The molecule has 0 spiro atoms. The first-order valence-corrected chi connectivity index (χ1v) is 17.6. The first-order chi connectivity index (χ1) is 23.6. The molecule has 258 valence electrons. The number of para-hydroxylation sites is 1. The van der Waals surface area contributed by atoms with Gasteiger partial charge in [0.05, 0.1) is 6.42 Å². The van der Waals surface area contributed by atoms with Crippen molar-refractivity contribution < 1.29 is 18.8 Å². The Bertz CT molecular complexity index is 1800. The summed E-state index contributed by atoms with van der Waals surface area (Å²) in [7, 11) is 4.07. The van der Waals surface area contributed by atoms with E-state index in [4.69, 9.17) is 11.6 Å². The van der Waals surface area contributed by atoms with E-state index < -0.39 is 6.04 Å². The van der Waals surface area contributed by atoms with Gasteiger partial charge >= 0.3 is 0 Å². The summed E-state index contributed by atoms with van der Waals surface area (Å²) in [4.78, 5) is 50.0. The Kier molecular flexibility index (Phi) is 11.0. The number of amides is 3. The van der Waals surface area contributed by atoms with Crippen molar-refractivity contribution in [1.82, 2.24) is 20.1 Å². The van der Waals surface area contributed by atoms with Crippen LogP contribution in [0.15, 0.2) is 72.9 Å². The number of aromatic nitrogens is 1. The van der Waals surface area contributed by atoms with Crippen LogP contribution >= 0.6 is 11.6 Å². The number of carbonyl (C=O) groups is 3. The lowest BCUT2D eigenvalue weighted by Crippen LogP contribution is -2.53. The summed E-state index contributed by atoms with van der Waals surface area (Å²) in [6.07, 6.45) is 5.70. The maximum atomic E-state index is 14.5. The summed E-state index contributed by atoms with van der Waals surface area (Å²) in [5.74, 6) is -0.216. The zero-order valence-corrected chi connectivity index (χ0v) is 29.0. The van der Waals surface area contributed by atoms with Crippen molar-refractivity contribution in [2.45, 2.75) is 51.0 Å². The predicted molar refractivity (Wildman–Crippen MR) is 192 cm³/mol. The number of benzene rings is 3. The van der Waals surface area contributed by atoms with E-state index in [1.807, 2.05) is 67.7 Å². The Labute approximate surface area is 292 Å². The van der Waals surface area contributed by atoms with Gasteiger partial charge in [0, 0.05) is 66.8 Å². The average Bonchev–Trinajstić information content (AvgIpc) is 3.49. The number of nitrogens with zero attached hydrogens (tertiary/aromatic N) is 3. The fraction of sp³-hybridized carbons (Fsp3) is 0.410. The molecule has 2 N–H and O–H groups in total. The molecule has 0 aliphatic carbocycles. The second-order valence-corrected chi connectivity index (χ2v) is 14.3. The number of fused-ring (bicyclic) bond motifs is 2. The number of anilines is 1. The number of piperidine rings is 1. The molecule has 1 saturated heterocycles. The molecule has 1 aromatic heterocycles. The van der Waals surface area contributed by atoms with Gasteiger partial charge in [-0.3, -0.25) is 14.4 Å². The van der Waals surface area contributed by atoms with Crippen LogP contribution in [0.25, 0.3) is 10.9 Å². The quantitative estimate of drug-likeness (QED) is 0.202. The van der Waals surface area contributed by atoms with E-state index in [0.29, 0.717) is 49.5 Å². The van der Waals surface area contributed by atoms with Crippen molar-refractivity contribution in [3.63, 3.8) is 0 Å². The van der Waals surface area contributed by atoms with Crippen LogP contribution in [0, 0.1) is 17.7 Å². The fourth-order valence-electron chi connectivity index (χ4n) is 7.46. The average molecular weight is 686 g/mol. The van der Waals surface area contributed by atoms with E-state index in [9.17, 15) is 18.8 Å². The third-order valence-electron chi connectivity index (χ3n) is 9.95. The maximum absolute atomic E-state index is 14.5. The summed E-state index contributed by atoms with van der Waals surface area (Å²) in [6.45, 7) is 2.56. The van der Waals surface area contributed by atoms with Gasteiger partial charge in [-0.05, 0) is 98.6 Å². The van der Waals surface area contributed by atoms with E-state index in [0.717, 1.165) is 53.5 Å². The van der Waals surface area contributed by atoms with Gasteiger partial charge in [0.2, 0.25) is 17.7 Å². The molecule has 0 radical (unpaired) electrons. The minimum absolute atomic E-state index is 0.0516. The van der Waals surface area contributed by atoms with Crippen LogP contribution in [0.1, 0.15) is 42.4 Å². The lowest BCUT2D eigenvalue weighted by atomic mass is 9.90. The molecule has 0 saturated carbocycles. The van der Waals surface area contributed by atoms with Gasteiger partial charge in [-0.2, -0.15) is 0 Å². The molecular formula is C39H45ClFN5O3. The number of nitrogens with one attached hydrogen (secondary N) is 2. The topological polar surface area (TPSA) is 88.8 Å². The normalized spacial score (nSPS) is 17.3. The van der Waals surface area contributed by atoms with Crippen LogP contribution in [0.4, 0.5) is 10.1 Å². The molecule has 2 aliphatic heterocycles. The Morgan fingerprint density at radius 1 is 1.00 bits per heavy atom. The van der Waals surface area contributed by atoms with Gasteiger partial charge in [-0.25, -0.2) is 4.39 Å². The molecule has 8 nitrogen and oxygen atoms in total. The third-order valence-corrected chi connectivity index (χ3v) is 10.2. The fourth-order valence-corrected chi connectivity index (χ4v) is 7.65. The summed E-state index contributed by atoms with van der Waals surface area (Å²) in [6, 6.07) is 19.3. The number of carbonyl (C=O) groups excluding carboxylic acids is 3. The van der Waals surface area contributed by atoms with E-state index in [2.05, 4.69) is 15.2 Å². The number of H-pyrrole nitrogens is 1. The second kappa shape index (κ2) is 15.6. The van der Waals surface area contributed by atoms with Gasteiger partial charge < -0.3 is 25.0 Å². The van der Waals surface area contributed by atoms with E-state index in [1.54, 1.807) is 23.1 Å². The zero-order valence-electron chi connectivity index (χ0n) is 28.3. The van der Waals surface area contributed by atoms with E-state index >= 15 is 0 Å². The van der Waals surface area contributed by atoms with E-state index in [1.165, 1.54) is 6.07 Å². The summed E-state index contributed by atoms with van der Waals surface area (Å²) in [5.41, 5.74) is 4.25. The number of aromatic amines is 1. The number of hydrogen-bond donors (Lipinski definition) is 2. The molecule has 1 fully saturated rings. The predicted octanol–water partition coefficient (Wildman–Crippen LogP) is 6.02. The van der Waals surface area contributed by atoms with Crippen LogP contribution < -0.4 is 10.2 Å². The summed E-state index contributed by atoms with van der Waals surface area (Å²) >= 11 is 6.39. The van der Waals surface area contributed by atoms with Crippen LogP contribution in [0.2, 0.25) is 5.02 Å². The van der Waals surface area contributed by atoms with Crippen molar-refractivity contribution in [3.8, 4) is 0 Å². The minimum atomic E-state index is -0.758. The number of hydrogen-bond acceptors (Lipinski definition) is 4. The SMILES string of the molecule is CN(C)C[C@@H]1Cc2cc(Cl)ccc2N(C(=O)[C@@H](Cc2c[nH]c3ccccc23)NC(=O)CCC2CCN(C(=O)Cc3ccccc3F)CC2)C1.